The summed E-state index contributed by atoms with van der Waals surface area (Å²) in [6, 6.07) is 0. The Balaban J connectivity index is 1.73. The maximum Gasteiger partial charge on any atom is 0.332 e. The van der Waals surface area contributed by atoms with E-state index in [1.54, 1.807) is 6.92 Å². The second-order valence-electron chi connectivity index (χ2n) is 9.89. The first-order valence-corrected chi connectivity index (χ1v) is 13.1. The van der Waals surface area contributed by atoms with Crippen molar-refractivity contribution < 1.29 is 63.9 Å². The van der Waals surface area contributed by atoms with E-state index in [4.69, 9.17) is 28.4 Å². The van der Waals surface area contributed by atoms with Gasteiger partial charge >= 0.3 is 5.97 Å². The van der Waals surface area contributed by atoms with Crippen molar-refractivity contribution in [3.8, 4) is 0 Å². The van der Waals surface area contributed by atoms with Crippen molar-refractivity contribution in [1.82, 2.24) is 0 Å². The lowest BCUT2D eigenvalue weighted by molar-refractivity contribution is -0.341. The smallest absolute Gasteiger partial charge is 0.332 e. The van der Waals surface area contributed by atoms with E-state index in [2.05, 4.69) is 0 Å². The third-order valence-corrected chi connectivity index (χ3v) is 7.03. The fourth-order valence-electron chi connectivity index (χ4n) is 4.77. The molecule has 3 heterocycles. The van der Waals surface area contributed by atoms with Crippen molar-refractivity contribution in [2.45, 2.75) is 126 Å². The standard InChI is InChI=1S/C24H42O13/c1-3-4-5-7-13(11-33-23-19(29)18(28)16(26)12(2)34-23)35-24-21-20(17(27)15(10-25)37-24)36-14(22(30)31)8-6-9-32-21/h12-21,23-29H,3-11H2,1-2H3,(H,30,31)/t12?,13-,14-,15?,16-,17+,18?,19+,20?,21?,23-,24-/m1/s1. The van der Waals surface area contributed by atoms with Crippen LogP contribution in [0.4, 0.5) is 0 Å². The summed E-state index contributed by atoms with van der Waals surface area (Å²) in [4.78, 5) is 11.6. The Morgan fingerprint density at radius 1 is 0.973 bits per heavy atom. The van der Waals surface area contributed by atoms with Gasteiger partial charge in [0.25, 0.3) is 0 Å². The van der Waals surface area contributed by atoms with Gasteiger partial charge in [-0.1, -0.05) is 26.2 Å². The van der Waals surface area contributed by atoms with Crippen LogP contribution in [0.2, 0.25) is 0 Å². The second-order valence-corrected chi connectivity index (χ2v) is 9.89. The summed E-state index contributed by atoms with van der Waals surface area (Å²) < 4.78 is 34.9. The van der Waals surface area contributed by atoms with E-state index in [0.717, 1.165) is 19.3 Å². The van der Waals surface area contributed by atoms with Gasteiger partial charge in [-0.3, -0.25) is 0 Å². The Morgan fingerprint density at radius 2 is 1.73 bits per heavy atom. The summed E-state index contributed by atoms with van der Waals surface area (Å²) in [6.45, 7) is 3.18. The molecule has 5 unspecified atom stereocenters. The highest BCUT2D eigenvalue weighted by Crippen LogP contribution is 2.31. The molecule has 0 radical (unpaired) electrons. The van der Waals surface area contributed by atoms with Gasteiger partial charge in [-0.05, 0) is 26.2 Å². The van der Waals surface area contributed by atoms with Gasteiger partial charge in [-0.25, -0.2) is 4.79 Å². The number of aliphatic hydroxyl groups is 5. The Bertz CT molecular complexity index is 696. The molecule has 0 aromatic heterocycles. The van der Waals surface area contributed by atoms with Gasteiger partial charge in [0.15, 0.2) is 18.7 Å². The number of aliphatic carboxylic acids is 1. The lowest BCUT2D eigenvalue weighted by Crippen LogP contribution is -2.63. The molecule has 3 aliphatic rings. The second kappa shape index (κ2) is 14.4. The van der Waals surface area contributed by atoms with Gasteiger partial charge in [0.1, 0.15) is 42.7 Å². The highest BCUT2D eigenvalue weighted by molar-refractivity contribution is 5.72. The molecule has 0 bridgehead atoms. The van der Waals surface area contributed by atoms with Crippen molar-refractivity contribution in [3.63, 3.8) is 0 Å². The molecule has 13 heteroatoms. The zero-order valence-electron chi connectivity index (χ0n) is 21.3. The molecule has 0 aromatic carbocycles. The number of hydrogen-bond acceptors (Lipinski definition) is 12. The predicted octanol–water partition coefficient (Wildman–Crippen LogP) is -1.11. The van der Waals surface area contributed by atoms with E-state index in [1.807, 2.05) is 6.92 Å². The highest BCUT2D eigenvalue weighted by atomic mass is 16.7. The molecule has 0 aliphatic carbocycles. The molecule has 0 saturated carbocycles. The third-order valence-electron chi connectivity index (χ3n) is 7.03. The van der Waals surface area contributed by atoms with Gasteiger partial charge < -0.3 is 59.1 Å². The highest BCUT2D eigenvalue weighted by Gasteiger charge is 2.50. The largest absolute Gasteiger partial charge is 0.479 e. The van der Waals surface area contributed by atoms with E-state index in [0.29, 0.717) is 12.8 Å². The number of ether oxygens (including phenoxy) is 6. The van der Waals surface area contributed by atoms with Crippen molar-refractivity contribution >= 4 is 5.97 Å². The molecule has 3 saturated heterocycles. The quantitative estimate of drug-likeness (QED) is 0.174. The Kier molecular flexibility index (Phi) is 11.9. The maximum absolute atomic E-state index is 11.6. The number of unbranched alkanes of at least 4 members (excludes halogenated alkanes) is 2. The minimum Gasteiger partial charge on any atom is -0.479 e. The minimum absolute atomic E-state index is 0.0663. The summed E-state index contributed by atoms with van der Waals surface area (Å²) in [5.41, 5.74) is 0. The fraction of sp³-hybridized carbons (Fsp3) is 0.958. The van der Waals surface area contributed by atoms with Crippen molar-refractivity contribution in [1.29, 1.82) is 0 Å². The van der Waals surface area contributed by atoms with Crippen LogP contribution in [-0.2, 0) is 33.2 Å². The Morgan fingerprint density at radius 3 is 2.41 bits per heavy atom. The lowest BCUT2D eigenvalue weighted by Gasteiger charge is -2.46. The summed E-state index contributed by atoms with van der Waals surface area (Å²) in [5.74, 6) is -1.16. The summed E-state index contributed by atoms with van der Waals surface area (Å²) in [6.07, 6.45) is -9.73. The molecule has 3 aliphatic heterocycles. The van der Waals surface area contributed by atoms with Crippen LogP contribution in [0.3, 0.4) is 0 Å². The average Bonchev–Trinajstić information content (AvgIpc) is 2.85. The number of fused-ring (bicyclic) bond motifs is 1. The molecule has 3 rings (SSSR count). The molecule has 37 heavy (non-hydrogen) atoms. The molecule has 216 valence electrons. The van der Waals surface area contributed by atoms with Crippen LogP contribution >= 0.6 is 0 Å². The molecule has 0 spiro atoms. The molecular formula is C24H42O13. The van der Waals surface area contributed by atoms with Crippen LogP contribution in [-0.4, -0.2) is 130 Å². The van der Waals surface area contributed by atoms with Gasteiger partial charge in [0, 0.05) is 6.61 Å². The number of carboxylic acid groups (broad SMARTS) is 1. The number of carbonyl (C=O) groups is 1. The number of carboxylic acids is 1. The molecule has 0 aromatic rings. The van der Waals surface area contributed by atoms with E-state index in [1.165, 1.54) is 0 Å². The van der Waals surface area contributed by atoms with Crippen molar-refractivity contribution in [2.75, 3.05) is 19.8 Å². The normalized spacial score (nSPS) is 41.9. The SMILES string of the molecule is CCCCC[C@H](CO[C@@H]1OC(C)[C@@H](O)C(O)[C@@H]1O)O[C@@H]1OC(CO)[C@H](O)C2O[C@@H](C(=O)O)CCCOC21. The molecule has 13 nitrogen and oxygen atoms in total. The third kappa shape index (κ3) is 7.79. The first-order valence-electron chi connectivity index (χ1n) is 13.1. The van der Waals surface area contributed by atoms with Crippen LogP contribution in [0.1, 0.15) is 52.4 Å². The Hall–Kier alpha value is -0.970. The van der Waals surface area contributed by atoms with E-state index in [-0.39, 0.29) is 19.6 Å². The fourth-order valence-corrected chi connectivity index (χ4v) is 4.77. The first kappa shape index (κ1) is 30.6. The Labute approximate surface area is 216 Å². The summed E-state index contributed by atoms with van der Waals surface area (Å²) in [7, 11) is 0. The first-order chi connectivity index (χ1) is 17.7. The van der Waals surface area contributed by atoms with Gasteiger partial charge in [0.05, 0.1) is 25.4 Å². The topological polar surface area (TPSA) is 194 Å². The minimum atomic E-state index is -1.47. The average molecular weight is 539 g/mol. The summed E-state index contributed by atoms with van der Waals surface area (Å²) >= 11 is 0. The van der Waals surface area contributed by atoms with Gasteiger partial charge in [-0.2, -0.15) is 0 Å². The monoisotopic (exact) mass is 538 g/mol. The molecule has 12 atom stereocenters. The number of hydrogen-bond donors (Lipinski definition) is 6. The molecule has 3 fully saturated rings. The molecular weight excluding hydrogens is 496 g/mol. The van der Waals surface area contributed by atoms with Crippen LogP contribution in [0.5, 0.6) is 0 Å². The predicted molar refractivity (Wildman–Crippen MR) is 124 cm³/mol. The van der Waals surface area contributed by atoms with Gasteiger partial charge in [0.2, 0.25) is 0 Å². The van der Waals surface area contributed by atoms with Crippen molar-refractivity contribution in [2.24, 2.45) is 0 Å². The van der Waals surface area contributed by atoms with Crippen molar-refractivity contribution in [3.05, 3.63) is 0 Å². The summed E-state index contributed by atoms with van der Waals surface area (Å²) in [5, 5.41) is 60.3. The lowest BCUT2D eigenvalue weighted by atomic mass is 9.97. The van der Waals surface area contributed by atoms with E-state index >= 15 is 0 Å². The maximum atomic E-state index is 11.6. The van der Waals surface area contributed by atoms with E-state index in [9.17, 15) is 35.4 Å². The zero-order valence-corrected chi connectivity index (χ0v) is 21.3. The molecule has 6 N–H and O–H groups in total. The number of aliphatic hydroxyl groups excluding tert-OH is 5. The number of rotatable bonds is 11. The van der Waals surface area contributed by atoms with E-state index < -0.39 is 86.2 Å². The zero-order chi connectivity index (χ0) is 27.1. The van der Waals surface area contributed by atoms with Crippen LogP contribution in [0.25, 0.3) is 0 Å². The van der Waals surface area contributed by atoms with Gasteiger partial charge in [-0.15, -0.1) is 0 Å². The van der Waals surface area contributed by atoms with Crippen LogP contribution in [0, 0.1) is 0 Å². The van der Waals surface area contributed by atoms with Crippen LogP contribution in [0.15, 0.2) is 0 Å². The van der Waals surface area contributed by atoms with Crippen LogP contribution < -0.4 is 0 Å². The molecule has 0 amide bonds.